The van der Waals surface area contributed by atoms with Crippen molar-refractivity contribution < 1.29 is 5.11 Å². The Morgan fingerprint density at radius 1 is 1.40 bits per heavy atom. The first-order chi connectivity index (χ1) is 6.99. The topological polar surface area (TPSA) is 20.2 Å². The first kappa shape index (κ1) is 12.5. The van der Waals surface area contributed by atoms with Crippen LogP contribution in [0.2, 0.25) is 0 Å². The number of rotatable bonds is 5. The Kier molecular flexibility index (Phi) is 4.55. The lowest BCUT2D eigenvalue weighted by molar-refractivity contribution is 0.0521. The smallest absolute Gasteiger partial charge is 0.0663 e. The molecule has 0 bridgehead atoms. The van der Waals surface area contributed by atoms with Crippen LogP contribution < -0.4 is 0 Å². The highest BCUT2D eigenvalue weighted by Crippen LogP contribution is 2.22. The molecule has 82 valence electrons. The van der Waals surface area contributed by atoms with E-state index in [2.05, 4.69) is 22.5 Å². The zero-order chi connectivity index (χ0) is 11.3. The van der Waals surface area contributed by atoms with Crippen molar-refractivity contribution >= 4 is 15.9 Å². The molecule has 0 spiro atoms. The van der Waals surface area contributed by atoms with Crippen LogP contribution in [0.15, 0.2) is 41.4 Å². The van der Waals surface area contributed by atoms with E-state index < -0.39 is 5.60 Å². The monoisotopic (exact) mass is 268 g/mol. The van der Waals surface area contributed by atoms with Gasteiger partial charge >= 0.3 is 0 Å². The molecule has 0 saturated carbocycles. The summed E-state index contributed by atoms with van der Waals surface area (Å²) in [5.41, 5.74) is 0.514. The first-order valence-electron chi connectivity index (χ1n) is 5.09. The fourth-order valence-corrected chi connectivity index (χ4v) is 1.73. The number of halogens is 1. The SMILES string of the molecule is C=C(Br)CCC(C)(O)Cc1ccccc1. The van der Waals surface area contributed by atoms with Gasteiger partial charge in [0, 0.05) is 6.42 Å². The van der Waals surface area contributed by atoms with Crippen molar-refractivity contribution in [2.24, 2.45) is 0 Å². The second-order valence-corrected chi connectivity index (χ2v) is 5.30. The van der Waals surface area contributed by atoms with Crippen molar-refractivity contribution in [1.82, 2.24) is 0 Å². The number of benzene rings is 1. The zero-order valence-corrected chi connectivity index (χ0v) is 10.6. The van der Waals surface area contributed by atoms with Gasteiger partial charge in [-0.2, -0.15) is 0 Å². The van der Waals surface area contributed by atoms with Gasteiger partial charge in [-0.15, -0.1) is 0 Å². The molecular formula is C13H17BrO. The van der Waals surface area contributed by atoms with Crippen LogP contribution >= 0.6 is 15.9 Å². The minimum atomic E-state index is -0.655. The number of allylic oxidation sites excluding steroid dienone is 1. The molecule has 1 nitrogen and oxygen atoms in total. The fraction of sp³-hybridized carbons (Fsp3) is 0.385. The number of hydrogen-bond acceptors (Lipinski definition) is 1. The Hall–Kier alpha value is -0.600. The van der Waals surface area contributed by atoms with E-state index in [0.717, 1.165) is 17.3 Å². The Morgan fingerprint density at radius 3 is 2.53 bits per heavy atom. The molecule has 0 aliphatic heterocycles. The van der Waals surface area contributed by atoms with Gasteiger partial charge in [-0.25, -0.2) is 0 Å². The van der Waals surface area contributed by atoms with Crippen LogP contribution in [-0.2, 0) is 6.42 Å². The Balaban J connectivity index is 2.52. The molecule has 1 atom stereocenters. The van der Waals surface area contributed by atoms with Crippen LogP contribution in [0.3, 0.4) is 0 Å². The van der Waals surface area contributed by atoms with Gasteiger partial charge in [-0.05, 0) is 29.8 Å². The summed E-state index contributed by atoms with van der Waals surface area (Å²) >= 11 is 3.31. The highest BCUT2D eigenvalue weighted by Gasteiger charge is 2.20. The summed E-state index contributed by atoms with van der Waals surface area (Å²) in [7, 11) is 0. The molecule has 0 aromatic heterocycles. The van der Waals surface area contributed by atoms with Gasteiger partial charge in [0.05, 0.1) is 5.60 Å². The van der Waals surface area contributed by atoms with Gasteiger partial charge in [0.15, 0.2) is 0 Å². The van der Waals surface area contributed by atoms with E-state index in [4.69, 9.17) is 0 Å². The van der Waals surface area contributed by atoms with Gasteiger partial charge in [-0.1, -0.05) is 52.8 Å². The molecule has 0 fully saturated rings. The first-order valence-corrected chi connectivity index (χ1v) is 5.88. The van der Waals surface area contributed by atoms with Crippen molar-refractivity contribution in [1.29, 1.82) is 0 Å². The van der Waals surface area contributed by atoms with Crippen molar-refractivity contribution in [3.05, 3.63) is 47.0 Å². The van der Waals surface area contributed by atoms with Gasteiger partial charge in [0.25, 0.3) is 0 Å². The van der Waals surface area contributed by atoms with E-state index in [0.29, 0.717) is 6.42 Å². The van der Waals surface area contributed by atoms with E-state index in [9.17, 15) is 5.11 Å². The molecule has 0 radical (unpaired) electrons. The summed E-state index contributed by atoms with van der Waals surface area (Å²) in [6.45, 7) is 5.64. The van der Waals surface area contributed by atoms with Crippen molar-refractivity contribution in [2.45, 2.75) is 31.8 Å². The van der Waals surface area contributed by atoms with Crippen molar-refractivity contribution in [3.63, 3.8) is 0 Å². The summed E-state index contributed by atoms with van der Waals surface area (Å²) in [5, 5.41) is 10.2. The normalized spacial score (nSPS) is 14.6. The van der Waals surface area contributed by atoms with Gasteiger partial charge in [-0.3, -0.25) is 0 Å². The lowest BCUT2D eigenvalue weighted by Gasteiger charge is -2.23. The highest BCUT2D eigenvalue weighted by atomic mass is 79.9. The second-order valence-electron chi connectivity index (χ2n) is 4.18. The van der Waals surface area contributed by atoms with Gasteiger partial charge < -0.3 is 5.11 Å². The van der Waals surface area contributed by atoms with Crippen LogP contribution in [0.25, 0.3) is 0 Å². The van der Waals surface area contributed by atoms with E-state index in [1.54, 1.807) is 0 Å². The summed E-state index contributed by atoms with van der Waals surface area (Å²) in [4.78, 5) is 0. The Morgan fingerprint density at radius 2 is 2.00 bits per heavy atom. The average molecular weight is 269 g/mol. The summed E-state index contributed by atoms with van der Waals surface area (Å²) in [6.07, 6.45) is 2.22. The van der Waals surface area contributed by atoms with Crippen LogP contribution in [0.1, 0.15) is 25.3 Å². The molecular weight excluding hydrogens is 252 g/mol. The minimum absolute atomic E-state index is 0.655. The van der Waals surface area contributed by atoms with E-state index in [-0.39, 0.29) is 0 Å². The summed E-state index contributed by atoms with van der Waals surface area (Å²) in [6, 6.07) is 10.1. The zero-order valence-electron chi connectivity index (χ0n) is 9.04. The molecule has 15 heavy (non-hydrogen) atoms. The quantitative estimate of drug-likeness (QED) is 0.864. The largest absolute Gasteiger partial charge is 0.390 e. The third-order valence-electron chi connectivity index (χ3n) is 2.36. The number of hydrogen-bond donors (Lipinski definition) is 1. The molecule has 0 heterocycles. The van der Waals surface area contributed by atoms with Crippen LogP contribution in [0.5, 0.6) is 0 Å². The predicted molar refractivity (Wildman–Crippen MR) is 68.1 cm³/mol. The molecule has 0 saturated heterocycles. The molecule has 2 heteroatoms. The summed E-state index contributed by atoms with van der Waals surface area (Å²) in [5.74, 6) is 0. The van der Waals surface area contributed by atoms with Crippen LogP contribution in [0.4, 0.5) is 0 Å². The lowest BCUT2D eigenvalue weighted by Crippen LogP contribution is -2.26. The molecule has 0 amide bonds. The second kappa shape index (κ2) is 5.47. The molecule has 0 aliphatic rings. The average Bonchev–Trinajstić information content (AvgIpc) is 2.16. The maximum Gasteiger partial charge on any atom is 0.0663 e. The third-order valence-corrected chi connectivity index (χ3v) is 2.76. The third kappa shape index (κ3) is 5.14. The van der Waals surface area contributed by atoms with Gasteiger partial charge in [0.2, 0.25) is 0 Å². The molecule has 0 aliphatic carbocycles. The lowest BCUT2D eigenvalue weighted by atomic mass is 9.92. The minimum Gasteiger partial charge on any atom is -0.390 e. The fourth-order valence-electron chi connectivity index (χ4n) is 1.53. The van der Waals surface area contributed by atoms with E-state index >= 15 is 0 Å². The van der Waals surface area contributed by atoms with E-state index in [1.807, 2.05) is 37.3 Å². The molecule has 1 rings (SSSR count). The van der Waals surface area contributed by atoms with E-state index in [1.165, 1.54) is 5.56 Å². The highest BCUT2D eigenvalue weighted by molar-refractivity contribution is 9.11. The van der Waals surface area contributed by atoms with Gasteiger partial charge in [0.1, 0.15) is 0 Å². The molecule has 1 aromatic rings. The predicted octanol–water partition coefficient (Wildman–Crippen LogP) is 3.67. The molecule has 1 N–H and O–H groups in total. The molecule has 1 aromatic carbocycles. The van der Waals surface area contributed by atoms with Crippen LogP contribution in [0, 0.1) is 0 Å². The van der Waals surface area contributed by atoms with Crippen molar-refractivity contribution in [2.75, 3.05) is 0 Å². The maximum atomic E-state index is 10.2. The Labute approximate surface area is 100.0 Å². The van der Waals surface area contributed by atoms with Crippen molar-refractivity contribution in [3.8, 4) is 0 Å². The Bertz CT molecular complexity index is 317. The standard InChI is InChI=1S/C13H17BrO/c1-11(14)8-9-13(2,15)10-12-6-4-3-5-7-12/h3-7,15H,1,8-10H2,2H3. The maximum absolute atomic E-state index is 10.2. The number of aliphatic hydroxyl groups is 1. The summed E-state index contributed by atoms with van der Waals surface area (Å²) < 4.78 is 0.941. The van der Waals surface area contributed by atoms with Crippen LogP contribution in [-0.4, -0.2) is 10.7 Å². The molecule has 1 unspecified atom stereocenters.